The van der Waals surface area contributed by atoms with E-state index in [0.717, 1.165) is 0 Å². The third-order valence-electron chi connectivity index (χ3n) is 1.85. The minimum atomic E-state index is -2.25. The Balaban J connectivity index is 2.72. The number of ether oxygens (including phenoxy) is 1. The number of alkyl halides is 1. The van der Waals surface area contributed by atoms with Crippen molar-refractivity contribution in [2.75, 3.05) is 0 Å². The van der Waals surface area contributed by atoms with Crippen molar-refractivity contribution >= 4 is 11.8 Å². The maximum absolute atomic E-state index is 13.4. The average molecular weight is 224 g/mol. The Labute approximate surface area is 93.2 Å². The van der Waals surface area contributed by atoms with Crippen LogP contribution in [0.1, 0.15) is 24.2 Å². The Hall–Kier alpha value is -1.71. The molecule has 0 aromatic heterocycles. The molecule has 86 valence electrons. The van der Waals surface area contributed by atoms with Gasteiger partial charge < -0.3 is 4.74 Å². The molecule has 0 fully saturated rings. The molecule has 4 heteroatoms. The van der Waals surface area contributed by atoms with Crippen LogP contribution in [-0.2, 0) is 9.53 Å². The molecule has 1 aromatic rings. The summed E-state index contributed by atoms with van der Waals surface area (Å²) in [5.41, 5.74) is 0.163. The van der Waals surface area contributed by atoms with Gasteiger partial charge in [0.1, 0.15) is 0 Å². The van der Waals surface area contributed by atoms with Crippen LogP contribution < -0.4 is 0 Å². The molecule has 1 atom stereocenters. The summed E-state index contributed by atoms with van der Waals surface area (Å²) in [6.45, 7) is 3.19. The van der Waals surface area contributed by atoms with Crippen molar-refractivity contribution in [2.24, 2.45) is 0 Å². The number of rotatable bonds is 4. The maximum atomic E-state index is 13.4. The normalized spacial score (nSPS) is 12.2. The quantitative estimate of drug-likeness (QED) is 0.447. The Morgan fingerprint density at radius 1 is 1.19 bits per heavy atom. The molecule has 0 amide bonds. The lowest BCUT2D eigenvalue weighted by Gasteiger charge is -2.10. The van der Waals surface area contributed by atoms with E-state index in [0.29, 0.717) is 0 Å². The fraction of sp³-hybridized carbons (Fsp3) is 0.333. The predicted molar refractivity (Wildman–Crippen MR) is 56.9 cm³/mol. The summed E-state index contributed by atoms with van der Waals surface area (Å²) in [6.07, 6.45) is -2.68. The first kappa shape index (κ1) is 12.4. The van der Waals surface area contributed by atoms with Gasteiger partial charge in [-0.1, -0.05) is 30.3 Å². The minimum absolute atomic E-state index is 0.163. The van der Waals surface area contributed by atoms with Gasteiger partial charge >= 0.3 is 5.97 Å². The highest BCUT2D eigenvalue weighted by molar-refractivity contribution is 6.11. The molecule has 0 aliphatic rings. The summed E-state index contributed by atoms with van der Waals surface area (Å²) in [6, 6.07) is 7.83. The van der Waals surface area contributed by atoms with Crippen molar-refractivity contribution in [1.29, 1.82) is 0 Å². The van der Waals surface area contributed by atoms with Crippen LogP contribution >= 0.6 is 0 Å². The zero-order chi connectivity index (χ0) is 12.1. The molecular formula is C12H13FO3. The van der Waals surface area contributed by atoms with Gasteiger partial charge in [0, 0.05) is 5.56 Å². The van der Waals surface area contributed by atoms with Crippen LogP contribution in [-0.4, -0.2) is 24.0 Å². The van der Waals surface area contributed by atoms with Crippen LogP contribution in [0.3, 0.4) is 0 Å². The molecule has 1 unspecified atom stereocenters. The number of carbonyl (C=O) groups is 2. The monoisotopic (exact) mass is 224 g/mol. The summed E-state index contributed by atoms with van der Waals surface area (Å²) in [5, 5.41) is 0. The Morgan fingerprint density at radius 3 is 2.25 bits per heavy atom. The number of hydrogen-bond acceptors (Lipinski definition) is 3. The summed E-state index contributed by atoms with van der Waals surface area (Å²) in [7, 11) is 0. The standard InChI is InChI=1S/C12H13FO3/c1-8(2)16-12(15)10(13)11(14)9-6-4-3-5-7-9/h3-8,10H,1-2H3. The average Bonchev–Trinajstić information content (AvgIpc) is 2.27. The second-order valence-corrected chi connectivity index (χ2v) is 3.58. The molecule has 0 saturated carbocycles. The first-order chi connectivity index (χ1) is 7.52. The number of benzene rings is 1. The van der Waals surface area contributed by atoms with E-state index in [2.05, 4.69) is 4.74 Å². The molecule has 0 radical (unpaired) electrons. The van der Waals surface area contributed by atoms with E-state index >= 15 is 0 Å². The lowest BCUT2D eigenvalue weighted by atomic mass is 10.1. The Morgan fingerprint density at radius 2 is 1.75 bits per heavy atom. The van der Waals surface area contributed by atoms with Gasteiger partial charge in [-0.3, -0.25) is 4.79 Å². The molecule has 16 heavy (non-hydrogen) atoms. The SMILES string of the molecule is CC(C)OC(=O)C(F)C(=O)c1ccccc1. The van der Waals surface area contributed by atoms with E-state index in [1.807, 2.05) is 0 Å². The molecule has 0 N–H and O–H groups in total. The van der Waals surface area contributed by atoms with Gasteiger partial charge in [0.05, 0.1) is 6.10 Å². The summed E-state index contributed by atoms with van der Waals surface area (Å²) < 4.78 is 18.0. The molecule has 1 aromatic carbocycles. The van der Waals surface area contributed by atoms with Crippen molar-refractivity contribution in [3.8, 4) is 0 Å². The van der Waals surface area contributed by atoms with Gasteiger partial charge in [0.25, 0.3) is 6.17 Å². The fourth-order valence-corrected chi connectivity index (χ4v) is 1.15. The van der Waals surface area contributed by atoms with Gasteiger partial charge in [-0.2, -0.15) is 0 Å². The number of halogens is 1. The number of carbonyl (C=O) groups excluding carboxylic acids is 2. The molecule has 0 saturated heterocycles. The molecule has 3 nitrogen and oxygen atoms in total. The first-order valence-corrected chi connectivity index (χ1v) is 4.96. The first-order valence-electron chi connectivity index (χ1n) is 4.96. The molecule has 0 aliphatic carbocycles. The molecular weight excluding hydrogens is 211 g/mol. The van der Waals surface area contributed by atoms with E-state index in [-0.39, 0.29) is 5.56 Å². The van der Waals surface area contributed by atoms with Crippen molar-refractivity contribution in [1.82, 2.24) is 0 Å². The molecule has 1 rings (SSSR count). The van der Waals surface area contributed by atoms with E-state index in [1.165, 1.54) is 12.1 Å². The third-order valence-corrected chi connectivity index (χ3v) is 1.85. The van der Waals surface area contributed by atoms with Crippen molar-refractivity contribution in [3.05, 3.63) is 35.9 Å². The lowest BCUT2D eigenvalue weighted by molar-refractivity contribution is -0.151. The molecule has 0 spiro atoms. The Kier molecular flexibility index (Phi) is 4.17. The van der Waals surface area contributed by atoms with Crippen LogP contribution in [0, 0.1) is 0 Å². The van der Waals surface area contributed by atoms with Gasteiger partial charge in [0.2, 0.25) is 5.78 Å². The largest absolute Gasteiger partial charge is 0.460 e. The zero-order valence-corrected chi connectivity index (χ0v) is 9.14. The minimum Gasteiger partial charge on any atom is -0.460 e. The van der Waals surface area contributed by atoms with Crippen molar-refractivity contribution < 1.29 is 18.7 Å². The lowest BCUT2D eigenvalue weighted by Crippen LogP contribution is -2.29. The van der Waals surface area contributed by atoms with Gasteiger partial charge in [-0.05, 0) is 13.8 Å². The van der Waals surface area contributed by atoms with Crippen molar-refractivity contribution in [3.63, 3.8) is 0 Å². The summed E-state index contributed by atoms with van der Waals surface area (Å²) in [4.78, 5) is 22.6. The van der Waals surface area contributed by atoms with Gasteiger partial charge in [-0.15, -0.1) is 0 Å². The fourth-order valence-electron chi connectivity index (χ4n) is 1.15. The van der Waals surface area contributed by atoms with E-state index in [9.17, 15) is 14.0 Å². The highest BCUT2D eigenvalue weighted by Crippen LogP contribution is 2.08. The third kappa shape index (κ3) is 3.15. The maximum Gasteiger partial charge on any atom is 0.349 e. The second-order valence-electron chi connectivity index (χ2n) is 3.58. The smallest absolute Gasteiger partial charge is 0.349 e. The number of ketones is 1. The van der Waals surface area contributed by atoms with Gasteiger partial charge in [-0.25, -0.2) is 9.18 Å². The number of Topliss-reactive ketones (excluding diaryl/α,β-unsaturated/α-hetero) is 1. The second kappa shape index (κ2) is 5.39. The van der Waals surface area contributed by atoms with Crippen LogP contribution in [0.15, 0.2) is 30.3 Å². The van der Waals surface area contributed by atoms with E-state index < -0.39 is 24.0 Å². The van der Waals surface area contributed by atoms with Crippen molar-refractivity contribution in [2.45, 2.75) is 26.1 Å². The van der Waals surface area contributed by atoms with Gasteiger partial charge in [0.15, 0.2) is 0 Å². The predicted octanol–water partition coefficient (Wildman–Crippen LogP) is 2.16. The van der Waals surface area contributed by atoms with Crippen LogP contribution in [0.2, 0.25) is 0 Å². The van der Waals surface area contributed by atoms with Crippen LogP contribution in [0.25, 0.3) is 0 Å². The molecule has 0 heterocycles. The number of hydrogen-bond donors (Lipinski definition) is 0. The number of esters is 1. The Bertz CT molecular complexity index is 373. The topological polar surface area (TPSA) is 43.4 Å². The van der Waals surface area contributed by atoms with Crippen LogP contribution in [0.4, 0.5) is 4.39 Å². The molecule has 0 aliphatic heterocycles. The molecule has 0 bridgehead atoms. The van der Waals surface area contributed by atoms with Crippen LogP contribution in [0.5, 0.6) is 0 Å². The highest BCUT2D eigenvalue weighted by Gasteiger charge is 2.29. The van der Waals surface area contributed by atoms with E-state index in [1.54, 1.807) is 32.0 Å². The highest BCUT2D eigenvalue weighted by atomic mass is 19.1. The van der Waals surface area contributed by atoms with E-state index in [4.69, 9.17) is 0 Å². The summed E-state index contributed by atoms with van der Waals surface area (Å²) >= 11 is 0. The summed E-state index contributed by atoms with van der Waals surface area (Å²) in [5.74, 6) is -2.00. The zero-order valence-electron chi connectivity index (χ0n) is 9.14.